The van der Waals surface area contributed by atoms with Crippen molar-refractivity contribution in [3.63, 3.8) is 0 Å². The van der Waals surface area contributed by atoms with Crippen LogP contribution in [-0.4, -0.2) is 53.7 Å². The normalized spacial score (nSPS) is 18.4. The number of nitrogens with zero attached hydrogens (tertiary/aromatic N) is 5. The third-order valence-electron chi connectivity index (χ3n) is 5.87. The summed E-state index contributed by atoms with van der Waals surface area (Å²) < 4.78 is 1.73. The highest BCUT2D eigenvalue weighted by Gasteiger charge is 2.21. The van der Waals surface area contributed by atoms with Gasteiger partial charge in [-0.25, -0.2) is 9.78 Å². The van der Waals surface area contributed by atoms with Gasteiger partial charge in [-0.2, -0.15) is 9.61 Å². The number of imidazole rings is 1. The van der Waals surface area contributed by atoms with Crippen LogP contribution in [0.3, 0.4) is 0 Å². The highest BCUT2D eigenvalue weighted by Crippen LogP contribution is 2.28. The number of aromatic hydroxyl groups is 1. The predicted molar refractivity (Wildman–Crippen MR) is 121 cm³/mol. The number of H-pyrrole nitrogens is 2. The molecule has 10 heteroatoms. The lowest BCUT2D eigenvalue weighted by molar-refractivity contribution is 0.334. The Labute approximate surface area is 186 Å². The molecule has 0 bridgehead atoms. The van der Waals surface area contributed by atoms with Gasteiger partial charge in [0, 0.05) is 22.7 Å². The Morgan fingerprint density at radius 1 is 1.25 bits per heavy atom. The molecule has 0 radical (unpaired) electrons. The first-order valence-electron chi connectivity index (χ1n) is 10.9. The maximum atomic E-state index is 11.5. The van der Waals surface area contributed by atoms with Crippen molar-refractivity contribution in [2.45, 2.75) is 38.3 Å². The van der Waals surface area contributed by atoms with Crippen LogP contribution >= 0.6 is 11.3 Å². The third kappa shape index (κ3) is 3.76. The van der Waals surface area contributed by atoms with E-state index in [-0.39, 0.29) is 5.88 Å². The van der Waals surface area contributed by atoms with Crippen molar-refractivity contribution in [1.29, 1.82) is 0 Å². The third-order valence-corrected chi connectivity index (χ3v) is 6.96. The Hall–Kier alpha value is -3.24. The van der Waals surface area contributed by atoms with Gasteiger partial charge in [-0.05, 0) is 57.0 Å². The first-order valence-corrected chi connectivity index (χ1v) is 11.7. The topological polar surface area (TPSA) is 115 Å². The van der Waals surface area contributed by atoms with Crippen molar-refractivity contribution in [2.75, 3.05) is 13.1 Å². The smallest absolute Gasteiger partial charge is 0.326 e. The van der Waals surface area contributed by atoms with E-state index >= 15 is 0 Å². The first-order chi connectivity index (χ1) is 15.6. The molecule has 1 aliphatic heterocycles. The number of nitrogens with one attached hydrogen (secondary N) is 2. The number of rotatable bonds is 5. The second-order valence-electron chi connectivity index (χ2n) is 8.43. The molecule has 5 heterocycles. The molecule has 0 amide bonds. The van der Waals surface area contributed by atoms with Gasteiger partial charge in [0.1, 0.15) is 5.69 Å². The largest absolute Gasteiger partial charge is 0.493 e. The number of thiophene rings is 1. The van der Waals surface area contributed by atoms with Crippen LogP contribution in [0.1, 0.15) is 36.3 Å². The van der Waals surface area contributed by atoms with E-state index in [1.807, 2.05) is 6.07 Å². The van der Waals surface area contributed by atoms with Gasteiger partial charge >= 0.3 is 5.69 Å². The minimum atomic E-state index is -0.465. The predicted octanol–water partition coefficient (Wildman–Crippen LogP) is 1.39. The van der Waals surface area contributed by atoms with E-state index in [0.717, 1.165) is 35.4 Å². The van der Waals surface area contributed by atoms with E-state index in [0.29, 0.717) is 22.6 Å². The van der Waals surface area contributed by atoms with Crippen molar-refractivity contribution in [2.24, 2.45) is 4.99 Å². The van der Waals surface area contributed by atoms with Crippen molar-refractivity contribution < 1.29 is 5.11 Å². The van der Waals surface area contributed by atoms with E-state index in [4.69, 9.17) is 9.98 Å². The van der Waals surface area contributed by atoms with E-state index < -0.39 is 5.69 Å². The van der Waals surface area contributed by atoms with Crippen LogP contribution in [0.4, 0.5) is 0 Å². The molecule has 4 aromatic rings. The molecular weight excluding hydrogens is 426 g/mol. The fourth-order valence-corrected chi connectivity index (χ4v) is 5.09. The monoisotopic (exact) mass is 449 g/mol. The molecule has 4 aromatic heterocycles. The van der Waals surface area contributed by atoms with Crippen LogP contribution in [0.25, 0.3) is 22.3 Å². The summed E-state index contributed by atoms with van der Waals surface area (Å²) in [6, 6.07) is 6.66. The zero-order chi connectivity index (χ0) is 21.7. The zero-order valence-electron chi connectivity index (χ0n) is 17.4. The van der Waals surface area contributed by atoms with Gasteiger partial charge < -0.3 is 10.1 Å². The fourth-order valence-electron chi connectivity index (χ4n) is 4.08. The standard InChI is InChI=1S/C22H23N7O2S/c30-21-17(26-22(31)27-21)9-13-11-23-29-19(24-14-3-4-14)10-16(25-20(13)29)18-6-5-15(32-18)12-28-7-1-2-8-28/h5-6,9-11,14,30H,1-4,7-8,12H2,(H2,26,27,31)/b13-9+,24-19?. The lowest BCUT2D eigenvalue weighted by atomic mass is 10.3. The van der Waals surface area contributed by atoms with Crippen LogP contribution in [0.15, 0.2) is 34.2 Å². The average Bonchev–Trinajstić information content (AvgIpc) is 3.17. The van der Waals surface area contributed by atoms with Crippen molar-refractivity contribution >= 4 is 23.1 Å². The van der Waals surface area contributed by atoms with Gasteiger partial charge in [-0.15, -0.1) is 11.3 Å². The van der Waals surface area contributed by atoms with Gasteiger partial charge in [0.25, 0.3) is 0 Å². The summed E-state index contributed by atoms with van der Waals surface area (Å²) in [5.41, 5.74) is 2.09. The summed E-state index contributed by atoms with van der Waals surface area (Å²) in [5, 5.41) is 15.1. The number of hydrogen-bond acceptors (Lipinski definition) is 7. The summed E-state index contributed by atoms with van der Waals surface area (Å²) in [6.07, 6.45) is 8.10. The molecular formula is C22H23N7O2S. The number of likely N-dealkylation sites (tertiary alicyclic amines) is 1. The lowest BCUT2D eigenvalue weighted by Crippen LogP contribution is -2.19. The minimum absolute atomic E-state index is 0.210. The van der Waals surface area contributed by atoms with E-state index in [1.54, 1.807) is 28.1 Å². The van der Waals surface area contributed by atoms with Crippen LogP contribution in [0.5, 0.6) is 5.88 Å². The Morgan fingerprint density at radius 3 is 2.84 bits per heavy atom. The first kappa shape index (κ1) is 19.4. The molecule has 0 unspecified atom stereocenters. The fraction of sp³-hybridized carbons (Fsp3) is 0.364. The number of aromatic amines is 2. The highest BCUT2D eigenvalue weighted by molar-refractivity contribution is 7.15. The van der Waals surface area contributed by atoms with Crippen LogP contribution in [0.2, 0.25) is 0 Å². The van der Waals surface area contributed by atoms with Crippen molar-refractivity contribution in [1.82, 2.24) is 29.5 Å². The minimum Gasteiger partial charge on any atom is -0.493 e. The summed E-state index contributed by atoms with van der Waals surface area (Å²) in [4.78, 5) is 31.1. The molecule has 6 rings (SSSR count). The summed E-state index contributed by atoms with van der Waals surface area (Å²) in [7, 11) is 0. The molecule has 0 aromatic carbocycles. The molecule has 1 aliphatic carbocycles. The number of hydrogen-bond donors (Lipinski definition) is 3. The van der Waals surface area contributed by atoms with E-state index in [9.17, 15) is 9.90 Å². The molecule has 9 nitrogen and oxygen atoms in total. The quantitative estimate of drug-likeness (QED) is 0.426. The molecule has 2 fully saturated rings. The van der Waals surface area contributed by atoms with Crippen molar-refractivity contribution in [3.8, 4) is 16.5 Å². The average molecular weight is 450 g/mol. The van der Waals surface area contributed by atoms with Gasteiger partial charge in [0.05, 0.1) is 22.8 Å². The molecule has 1 saturated carbocycles. The van der Waals surface area contributed by atoms with Gasteiger partial charge in [-0.3, -0.25) is 14.9 Å². The van der Waals surface area contributed by atoms with Crippen LogP contribution in [-0.2, 0) is 6.54 Å². The molecule has 1 saturated heterocycles. The highest BCUT2D eigenvalue weighted by atomic mass is 32.1. The van der Waals surface area contributed by atoms with E-state index in [2.05, 4.69) is 32.1 Å². The maximum Gasteiger partial charge on any atom is 0.326 e. The Bertz CT molecular complexity index is 1470. The summed E-state index contributed by atoms with van der Waals surface area (Å²) in [5.74, 6) is -0.210. The molecule has 164 valence electrons. The molecule has 0 atom stereocenters. The van der Waals surface area contributed by atoms with Crippen LogP contribution < -0.4 is 16.4 Å². The van der Waals surface area contributed by atoms with Gasteiger partial charge in [0.2, 0.25) is 5.88 Å². The van der Waals surface area contributed by atoms with Crippen molar-refractivity contribution in [3.05, 3.63) is 56.2 Å². The summed E-state index contributed by atoms with van der Waals surface area (Å²) >= 11 is 1.76. The molecule has 3 N–H and O–H groups in total. The summed E-state index contributed by atoms with van der Waals surface area (Å²) in [6.45, 7) is 3.33. The lowest BCUT2D eigenvalue weighted by Gasteiger charge is -2.12. The Morgan fingerprint density at radius 2 is 2.09 bits per heavy atom. The SMILES string of the molecule is O=c1[nH]c(O)c(/C=c2\cnn3c(=NC4CC4)cc(-c4ccc(CN5CCCC5)s4)nc23)[nH]1. The zero-order valence-corrected chi connectivity index (χ0v) is 18.2. The molecule has 32 heavy (non-hydrogen) atoms. The Balaban J connectivity index is 1.46. The van der Waals surface area contributed by atoms with E-state index in [1.165, 1.54) is 30.8 Å². The van der Waals surface area contributed by atoms with Gasteiger partial charge in [0.15, 0.2) is 11.1 Å². The van der Waals surface area contributed by atoms with Gasteiger partial charge in [-0.1, -0.05) is 0 Å². The number of aromatic nitrogens is 5. The maximum absolute atomic E-state index is 11.5. The number of fused-ring (bicyclic) bond motifs is 1. The second kappa shape index (κ2) is 7.72. The van der Waals surface area contributed by atoms with Crippen LogP contribution in [0, 0.1) is 0 Å². The second-order valence-corrected chi connectivity index (χ2v) is 9.60. The molecule has 0 spiro atoms. The molecule has 2 aliphatic rings. The Kier molecular flexibility index (Phi) is 4.69.